The van der Waals surface area contributed by atoms with Crippen molar-refractivity contribution in [2.24, 2.45) is 5.92 Å². The van der Waals surface area contributed by atoms with Crippen molar-refractivity contribution in [3.63, 3.8) is 0 Å². The molecule has 2 unspecified atom stereocenters. The van der Waals surface area contributed by atoms with Crippen LogP contribution in [0.2, 0.25) is 0 Å². The first-order chi connectivity index (χ1) is 8.16. The Balaban J connectivity index is 1.81. The van der Waals surface area contributed by atoms with Crippen LogP contribution < -0.4 is 5.32 Å². The lowest BCUT2D eigenvalue weighted by Crippen LogP contribution is -2.51. The monoisotopic (exact) mass is 239 g/mol. The summed E-state index contributed by atoms with van der Waals surface area (Å²) in [6, 6.07) is 0.561. The summed E-state index contributed by atoms with van der Waals surface area (Å²) >= 11 is 0. The number of piperidine rings is 1. The smallest absolute Gasteiger partial charge is 0.236 e. The molecule has 0 spiro atoms. The summed E-state index contributed by atoms with van der Waals surface area (Å²) in [5.74, 6) is 1.13. The van der Waals surface area contributed by atoms with E-state index in [1.165, 1.54) is 12.8 Å². The summed E-state index contributed by atoms with van der Waals surface area (Å²) in [6.45, 7) is 9.90. The second-order valence-electron chi connectivity index (χ2n) is 5.58. The van der Waals surface area contributed by atoms with Crippen molar-refractivity contribution < 1.29 is 4.79 Å². The van der Waals surface area contributed by atoms with Crippen molar-refractivity contribution in [2.45, 2.75) is 32.7 Å². The van der Waals surface area contributed by atoms with E-state index < -0.39 is 0 Å². The molecule has 2 saturated heterocycles. The van der Waals surface area contributed by atoms with Gasteiger partial charge in [-0.3, -0.25) is 9.69 Å². The van der Waals surface area contributed by atoms with E-state index in [1.54, 1.807) is 0 Å². The molecular formula is C13H25N3O. The minimum Gasteiger partial charge on any atom is -0.339 e. The van der Waals surface area contributed by atoms with Crippen LogP contribution in [0.25, 0.3) is 0 Å². The normalized spacial score (nSPS) is 31.5. The number of hydrogen-bond acceptors (Lipinski definition) is 3. The number of carbonyl (C=O) groups is 1. The molecule has 2 aliphatic rings. The molecule has 0 saturated carbocycles. The fourth-order valence-electron chi connectivity index (χ4n) is 2.88. The summed E-state index contributed by atoms with van der Waals surface area (Å²) in [7, 11) is 0. The predicted molar refractivity (Wildman–Crippen MR) is 68.9 cm³/mol. The fourth-order valence-corrected chi connectivity index (χ4v) is 2.88. The molecule has 2 atom stereocenters. The molecule has 0 aromatic heterocycles. The van der Waals surface area contributed by atoms with Gasteiger partial charge in [-0.05, 0) is 32.2 Å². The van der Waals surface area contributed by atoms with E-state index in [-0.39, 0.29) is 0 Å². The predicted octanol–water partition coefficient (Wildman–Crippen LogP) is 0.539. The number of nitrogens with one attached hydrogen (secondary N) is 1. The highest BCUT2D eigenvalue weighted by Gasteiger charge is 2.26. The van der Waals surface area contributed by atoms with E-state index in [0.717, 1.165) is 38.6 Å². The van der Waals surface area contributed by atoms with Gasteiger partial charge in [0.1, 0.15) is 0 Å². The Morgan fingerprint density at radius 3 is 2.59 bits per heavy atom. The highest BCUT2D eigenvalue weighted by Crippen LogP contribution is 2.21. The molecular weight excluding hydrogens is 214 g/mol. The van der Waals surface area contributed by atoms with Gasteiger partial charge in [-0.15, -0.1) is 0 Å². The maximum Gasteiger partial charge on any atom is 0.236 e. The van der Waals surface area contributed by atoms with Gasteiger partial charge in [0.15, 0.2) is 0 Å². The SMILES string of the molecule is CC1CCN(CC(=O)N2CCNCC2)C(C)C1. The number of nitrogens with zero attached hydrogens (tertiary/aromatic N) is 2. The first-order valence-electron chi connectivity index (χ1n) is 6.89. The van der Waals surface area contributed by atoms with Crippen LogP contribution in [0.5, 0.6) is 0 Å². The lowest BCUT2D eigenvalue weighted by atomic mass is 9.93. The van der Waals surface area contributed by atoms with Crippen LogP contribution in [-0.2, 0) is 4.79 Å². The Kier molecular flexibility index (Phi) is 4.40. The molecule has 1 amide bonds. The standard InChI is InChI=1S/C13H25N3O/c1-11-3-6-16(12(2)9-11)10-13(17)15-7-4-14-5-8-15/h11-12,14H,3-10H2,1-2H3. The molecule has 0 aromatic rings. The molecule has 2 rings (SSSR count). The number of carbonyl (C=O) groups excluding carboxylic acids is 1. The largest absolute Gasteiger partial charge is 0.339 e. The van der Waals surface area contributed by atoms with Gasteiger partial charge < -0.3 is 10.2 Å². The molecule has 2 heterocycles. The van der Waals surface area contributed by atoms with E-state index in [9.17, 15) is 4.79 Å². The van der Waals surface area contributed by atoms with Crippen molar-refractivity contribution in [3.05, 3.63) is 0 Å². The van der Waals surface area contributed by atoms with E-state index in [4.69, 9.17) is 0 Å². The summed E-state index contributed by atoms with van der Waals surface area (Å²) in [4.78, 5) is 16.5. The zero-order chi connectivity index (χ0) is 12.3. The number of piperazine rings is 1. The minimum absolute atomic E-state index is 0.313. The third-order valence-corrected chi connectivity index (χ3v) is 4.08. The third kappa shape index (κ3) is 3.42. The Morgan fingerprint density at radius 1 is 1.24 bits per heavy atom. The Bertz CT molecular complexity index is 263. The van der Waals surface area contributed by atoms with Crippen molar-refractivity contribution in [1.29, 1.82) is 0 Å². The topological polar surface area (TPSA) is 35.6 Å². The molecule has 2 aliphatic heterocycles. The molecule has 0 bridgehead atoms. The first-order valence-corrected chi connectivity index (χ1v) is 6.89. The van der Waals surface area contributed by atoms with Crippen LogP contribution in [0.15, 0.2) is 0 Å². The summed E-state index contributed by atoms with van der Waals surface area (Å²) in [5.41, 5.74) is 0. The summed E-state index contributed by atoms with van der Waals surface area (Å²) in [5, 5.41) is 3.28. The van der Waals surface area contributed by atoms with Gasteiger partial charge in [0.25, 0.3) is 0 Å². The van der Waals surface area contributed by atoms with Gasteiger partial charge in [0.2, 0.25) is 5.91 Å². The number of hydrogen-bond donors (Lipinski definition) is 1. The van der Waals surface area contributed by atoms with Crippen LogP contribution in [0.1, 0.15) is 26.7 Å². The van der Waals surface area contributed by atoms with Gasteiger partial charge in [0.05, 0.1) is 6.54 Å². The molecule has 0 aromatic carbocycles. The van der Waals surface area contributed by atoms with E-state index in [1.807, 2.05) is 4.90 Å². The van der Waals surface area contributed by atoms with Crippen molar-refractivity contribution >= 4 is 5.91 Å². The minimum atomic E-state index is 0.313. The first kappa shape index (κ1) is 12.8. The summed E-state index contributed by atoms with van der Waals surface area (Å²) < 4.78 is 0. The van der Waals surface area contributed by atoms with E-state index in [0.29, 0.717) is 18.5 Å². The highest BCUT2D eigenvalue weighted by molar-refractivity contribution is 5.78. The Labute approximate surface area is 104 Å². The van der Waals surface area contributed by atoms with Crippen LogP contribution in [0.4, 0.5) is 0 Å². The third-order valence-electron chi connectivity index (χ3n) is 4.08. The van der Waals surface area contributed by atoms with Crippen molar-refractivity contribution in [3.8, 4) is 0 Å². The lowest BCUT2D eigenvalue weighted by Gasteiger charge is -2.37. The maximum absolute atomic E-state index is 12.1. The Morgan fingerprint density at radius 2 is 1.94 bits per heavy atom. The van der Waals surface area contributed by atoms with Gasteiger partial charge >= 0.3 is 0 Å². The van der Waals surface area contributed by atoms with Crippen LogP contribution in [0.3, 0.4) is 0 Å². The van der Waals surface area contributed by atoms with E-state index in [2.05, 4.69) is 24.1 Å². The Hall–Kier alpha value is -0.610. The molecule has 4 heteroatoms. The number of likely N-dealkylation sites (tertiary alicyclic amines) is 1. The second-order valence-corrected chi connectivity index (χ2v) is 5.58. The van der Waals surface area contributed by atoms with Gasteiger partial charge in [0, 0.05) is 32.2 Å². The van der Waals surface area contributed by atoms with Crippen LogP contribution >= 0.6 is 0 Å². The van der Waals surface area contributed by atoms with Crippen LogP contribution in [-0.4, -0.2) is 61.0 Å². The van der Waals surface area contributed by atoms with E-state index >= 15 is 0 Å². The molecule has 0 aliphatic carbocycles. The average molecular weight is 239 g/mol. The zero-order valence-electron chi connectivity index (χ0n) is 11.1. The fraction of sp³-hybridized carbons (Fsp3) is 0.923. The summed E-state index contributed by atoms with van der Waals surface area (Å²) in [6.07, 6.45) is 2.47. The quantitative estimate of drug-likeness (QED) is 0.764. The lowest BCUT2D eigenvalue weighted by molar-refractivity contribution is -0.134. The van der Waals surface area contributed by atoms with Gasteiger partial charge in [-0.2, -0.15) is 0 Å². The van der Waals surface area contributed by atoms with Gasteiger partial charge in [-0.1, -0.05) is 6.92 Å². The zero-order valence-corrected chi connectivity index (χ0v) is 11.1. The average Bonchev–Trinajstić information content (AvgIpc) is 2.34. The number of amides is 1. The molecule has 17 heavy (non-hydrogen) atoms. The number of rotatable bonds is 2. The second kappa shape index (κ2) is 5.83. The molecule has 4 nitrogen and oxygen atoms in total. The molecule has 0 radical (unpaired) electrons. The van der Waals surface area contributed by atoms with Gasteiger partial charge in [-0.25, -0.2) is 0 Å². The molecule has 1 N–H and O–H groups in total. The molecule has 98 valence electrons. The van der Waals surface area contributed by atoms with Crippen molar-refractivity contribution in [1.82, 2.24) is 15.1 Å². The molecule has 2 fully saturated rings. The highest BCUT2D eigenvalue weighted by atomic mass is 16.2. The maximum atomic E-state index is 12.1. The van der Waals surface area contributed by atoms with Crippen LogP contribution in [0, 0.1) is 5.92 Å². The van der Waals surface area contributed by atoms with Crippen molar-refractivity contribution in [2.75, 3.05) is 39.3 Å².